The van der Waals surface area contributed by atoms with Gasteiger partial charge in [-0.15, -0.1) is 0 Å². The van der Waals surface area contributed by atoms with E-state index in [0.29, 0.717) is 0 Å². The van der Waals surface area contributed by atoms with Gasteiger partial charge in [-0.05, 0) is 36.3 Å². The summed E-state index contributed by atoms with van der Waals surface area (Å²) in [6.45, 7) is 14.3. The Morgan fingerprint density at radius 3 is 1.50 bits per heavy atom. The van der Waals surface area contributed by atoms with Crippen molar-refractivity contribution in [1.29, 1.82) is 0 Å². The van der Waals surface area contributed by atoms with Crippen LogP contribution >= 0.6 is 0 Å². The third kappa shape index (κ3) is 2.88. The Morgan fingerprint density at radius 1 is 0.850 bits per heavy atom. The van der Waals surface area contributed by atoms with Gasteiger partial charge < -0.3 is 8.65 Å². The Kier molecular flexibility index (Phi) is 6.52. The lowest BCUT2D eigenvalue weighted by atomic mass is 10.8. The van der Waals surface area contributed by atoms with Crippen molar-refractivity contribution in [2.75, 3.05) is 4.23 Å². The van der Waals surface area contributed by atoms with E-state index in [1.165, 1.54) is 36.3 Å². The van der Waals surface area contributed by atoms with Crippen LogP contribution in [0.25, 0.3) is 0 Å². The summed E-state index contributed by atoms with van der Waals surface area (Å²) in [7, 11) is -2.95. The number of oxazole rings is 1. The highest BCUT2D eigenvalue weighted by Crippen LogP contribution is 2.38. The molecule has 0 fully saturated rings. The molecule has 0 unspecified atom stereocenters. The molecule has 116 valence electrons. The smallest absolute Gasteiger partial charge is 0.182 e. The second-order valence-electron chi connectivity index (χ2n) is 5.75. The second-order valence-corrected chi connectivity index (χ2v) is 16.2. The van der Waals surface area contributed by atoms with Gasteiger partial charge in [-0.2, -0.15) is 0 Å². The molecule has 0 aliphatic rings. The molecule has 0 atom stereocenters. The minimum Gasteiger partial charge on any atom is -0.450 e. The van der Waals surface area contributed by atoms with Gasteiger partial charge in [0.05, 0.1) is 0 Å². The third-order valence-corrected chi connectivity index (χ3v) is 18.6. The summed E-state index contributed by atoms with van der Waals surface area (Å²) < 4.78 is 8.21. The zero-order valence-corrected chi connectivity index (χ0v) is 16.2. The third-order valence-electron chi connectivity index (χ3n) is 5.55. The number of rotatable bonds is 9. The highest BCUT2D eigenvalue weighted by Gasteiger charge is 2.47. The average Bonchev–Trinajstić information content (AvgIpc) is 3.02. The van der Waals surface area contributed by atoms with E-state index < -0.39 is 16.5 Å². The van der Waals surface area contributed by atoms with Gasteiger partial charge in [0, 0.05) is 0 Å². The number of aromatic nitrogens is 1. The Labute approximate surface area is 127 Å². The minimum absolute atomic E-state index is 1.12. The Morgan fingerprint density at radius 2 is 1.25 bits per heavy atom. The molecule has 1 aromatic heterocycles. The summed E-state index contributed by atoms with van der Waals surface area (Å²) in [5, 5.41) is 0. The van der Waals surface area contributed by atoms with E-state index in [0.717, 1.165) is 5.82 Å². The largest absolute Gasteiger partial charge is 0.450 e. The minimum atomic E-state index is -1.48. The first-order valence-electron chi connectivity index (χ1n) is 8.28. The molecule has 1 rings (SSSR count). The molecular weight excluding hydrogens is 280 g/mol. The Balaban J connectivity index is 3.42. The van der Waals surface area contributed by atoms with E-state index in [1.807, 2.05) is 6.26 Å². The van der Waals surface area contributed by atoms with Crippen LogP contribution < -0.4 is 4.23 Å². The van der Waals surface area contributed by atoms with Crippen LogP contribution in [0.4, 0.5) is 5.82 Å². The second kappa shape index (κ2) is 7.45. The molecule has 1 heterocycles. The van der Waals surface area contributed by atoms with E-state index in [-0.39, 0.29) is 0 Å². The quantitative estimate of drug-likeness (QED) is 0.564. The molecule has 0 amide bonds. The van der Waals surface area contributed by atoms with Crippen LogP contribution in [0, 0.1) is 0 Å². The highest BCUT2D eigenvalue weighted by atomic mass is 28.4. The first-order chi connectivity index (χ1) is 9.59. The topological polar surface area (TPSA) is 29.3 Å². The molecule has 1 aromatic rings. The molecule has 3 nitrogen and oxygen atoms in total. The summed E-state index contributed by atoms with van der Waals surface area (Å²) in [5.74, 6) is 1.12. The van der Waals surface area contributed by atoms with Crippen LogP contribution in [0.3, 0.4) is 0 Å². The van der Waals surface area contributed by atoms with Gasteiger partial charge in [-0.1, -0.05) is 41.5 Å². The molecule has 0 bridgehead atoms. The van der Waals surface area contributed by atoms with Crippen molar-refractivity contribution in [2.45, 2.75) is 77.8 Å². The lowest BCUT2D eigenvalue weighted by molar-refractivity contribution is 0.558. The van der Waals surface area contributed by atoms with Gasteiger partial charge >= 0.3 is 0 Å². The standard InChI is InChI=1S/C15H32N2OSi2/c1-7-19(8-2,9-3)17(15-13-18-14-16-15)20(10-4,11-5)12-6/h13-14H,7-12H2,1-6H3. The van der Waals surface area contributed by atoms with Gasteiger partial charge in [-0.25, -0.2) is 4.98 Å². The van der Waals surface area contributed by atoms with Crippen molar-refractivity contribution in [3.05, 3.63) is 12.7 Å². The van der Waals surface area contributed by atoms with Crippen LogP contribution in [0.1, 0.15) is 41.5 Å². The molecule has 20 heavy (non-hydrogen) atoms. The fourth-order valence-corrected chi connectivity index (χ4v) is 16.7. The molecule has 0 aliphatic carbocycles. The first kappa shape index (κ1) is 17.5. The van der Waals surface area contributed by atoms with Crippen LogP contribution in [0.15, 0.2) is 17.1 Å². The monoisotopic (exact) mass is 312 g/mol. The lowest BCUT2D eigenvalue weighted by Crippen LogP contribution is -2.66. The van der Waals surface area contributed by atoms with E-state index in [4.69, 9.17) is 4.42 Å². The van der Waals surface area contributed by atoms with Gasteiger partial charge in [0.1, 0.15) is 22.7 Å². The summed E-state index contributed by atoms with van der Waals surface area (Å²) >= 11 is 0. The van der Waals surface area contributed by atoms with Crippen molar-refractivity contribution in [3.8, 4) is 0 Å². The number of hydrogen-bond acceptors (Lipinski definition) is 3. The molecule has 5 heteroatoms. The van der Waals surface area contributed by atoms with Crippen molar-refractivity contribution in [1.82, 2.24) is 4.98 Å². The molecule has 0 spiro atoms. The molecule has 0 N–H and O–H groups in total. The molecule has 0 radical (unpaired) electrons. The van der Waals surface area contributed by atoms with Crippen LogP contribution in [0.5, 0.6) is 0 Å². The van der Waals surface area contributed by atoms with Crippen molar-refractivity contribution in [2.24, 2.45) is 0 Å². The maximum atomic E-state index is 5.34. The molecule has 0 aromatic carbocycles. The summed E-state index contributed by atoms with van der Waals surface area (Å²) in [6.07, 6.45) is 3.48. The molecule has 0 saturated heterocycles. The average molecular weight is 313 g/mol. The summed E-state index contributed by atoms with van der Waals surface area (Å²) in [4.78, 5) is 4.56. The van der Waals surface area contributed by atoms with E-state index in [1.54, 1.807) is 6.39 Å². The molecular formula is C15H32N2OSi2. The SMILES string of the molecule is CC[Si](CC)(CC)N(c1cocn1)[Si](CC)(CC)CC. The molecule has 0 saturated carbocycles. The first-order valence-corrected chi connectivity index (χ1v) is 13.4. The fourth-order valence-electron chi connectivity index (χ4n) is 3.75. The number of nitrogens with zero attached hydrogens (tertiary/aromatic N) is 2. The van der Waals surface area contributed by atoms with Crippen molar-refractivity contribution in [3.63, 3.8) is 0 Å². The van der Waals surface area contributed by atoms with Gasteiger partial charge in [0.25, 0.3) is 0 Å². The maximum Gasteiger partial charge on any atom is 0.182 e. The van der Waals surface area contributed by atoms with Gasteiger partial charge in [-0.3, -0.25) is 0 Å². The van der Waals surface area contributed by atoms with Gasteiger partial charge in [0.2, 0.25) is 0 Å². The number of hydrogen-bond donors (Lipinski definition) is 0. The van der Waals surface area contributed by atoms with Crippen LogP contribution in [-0.2, 0) is 0 Å². The lowest BCUT2D eigenvalue weighted by Gasteiger charge is -2.52. The fraction of sp³-hybridized carbons (Fsp3) is 0.800. The zero-order chi connectivity index (χ0) is 15.2. The van der Waals surface area contributed by atoms with E-state index >= 15 is 0 Å². The maximum absolute atomic E-state index is 5.34. The number of anilines is 1. The summed E-state index contributed by atoms with van der Waals surface area (Å²) in [5.41, 5.74) is 0. The Bertz CT molecular complexity index is 337. The van der Waals surface area contributed by atoms with Crippen molar-refractivity contribution < 1.29 is 4.42 Å². The molecule has 0 aliphatic heterocycles. The van der Waals surface area contributed by atoms with Crippen LogP contribution in [0.2, 0.25) is 36.3 Å². The normalized spacial score (nSPS) is 12.7. The highest BCUT2D eigenvalue weighted by molar-refractivity contribution is 7.02. The zero-order valence-electron chi connectivity index (χ0n) is 14.2. The van der Waals surface area contributed by atoms with Crippen molar-refractivity contribution >= 4 is 22.3 Å². The van der Waals surface area contributed by atoms with Crippen LogP contribution in [-0.4, -0.2) is 21.5 Å². The summed E-state index contributed by atoms with van der Waals surface area (Å²) in [6, 6.07) is 7.84. The Hall–Kier alpha value is -0.556. The van der Waals surface area contributed by atoms with Gasteiger partial charge in [0.15, 0.2) is 12.2 Å². The van der Waals surface area contributed by atoms with E-state index in [2.05, 4.69) is 50.8 Å². The van der Waals surface area contributed by atoms with E-state index in [9.17, 15) is 0 Å². The predicted molar refractivity (Wildman–Crippen MR) is 93.4 cm³/mol. The predicted octanol–water partition coefficient (Wildman–Crippen LogP) is 5.49.